The van der Waals surface area contributed by atoms with Gasteiger partial charge in [-0.15, -0.1) is 0 Å². The first-order chi connectivity index (χ1) is 18.0. The molecule has 0 fully saturated rings. The summed E-state index contributed by atoms with van der Waals surface area (Å²) in [5.41, 5.74) is 4.90. The number of benzene rings is 2. The van der Waals surface area contributed by atoms with E-state index in [0.29, 0.717) is 30.8 Å². The highest BCUT2D eigenvalue weighted by Gasteiger charge is 2.22. The number of rotatable bonds is 11. The monoisotopic (exact) mass is 558 g/mol. The highest BCUT2D eigenvalue weighted by atomic mass is 32.1. The summed E-state index contributed by atoms with van der Waals surface area (Å²) in [7, 11) is 0. The van der Waals surface area contributed by atoms with E-state index < -0.39 is 0 Å². The number of thiol groups is 1. The molecule has 0 bridgehead atoms. The van der Waals surface area contributed by atoms with Gasteiger partial charge in [-0.05, 0) is 77.3 Å². The van der Waals surface area contributed by atoms with Crippen molar-refractivity contribution in [2.24, 2.45) is 0 Å². The van der Waals surface area contributed by atoms with Crippen LogP contribution in [0, 0.1) is 13.8 Å². The maximum Gasteiger partial charge on any atom is 0.306 e. The van der Waals surface area contributed by atoms with Crippen molar-refractivity contribution in [1.29, 1.82) is 0 Å². The van der Waals surface area contributed by atoms with Gasteiger partial charge in [0.15, 0.2) is 0 Å². The van der Waals surface area contributed by atoms with Crippen molar-refractivity contribution in [3.8, 4) is 11.5 Å². The number of carbonyl (C=O) groups is 2. The van der Waals surface area contributed by atoms with Gasteiger partial charge in [0.2, 0.25) is 0 Å². The molecule has 0 aliphatic rings. The molecule has 216 valence electrons. The molecule has 39 heavy (non-hydrogen) atoms. The van der Waals surface area contributed by atoms with Crippen LogP contribution in [0.5, 0.6) is 11.5 Å². The SMILES string of the molecule is Cc1cc(CCC(=O)OCCC(S)COC(=O)CCc2cc(C)c(O)c(C(C)(C)C)c2)cc(C(C)(C)C)c1O. The zero-order valence-corrected chi connectivity index (χ0v) is 25.7. The quantitative estimate of drug-likeness (QED) is 0.211. The maximum absolute atomic E-state index is 12.3. The molecular weight excluding hydrogens is 512 g/mol. The predicted octanol–water partition coefficient (Wildman–Crippen LogP) is 6.65. The normalized spacial score (nSPS) is 12.7. The second-order valence-corrected chi connectivity index (χ2v) is 13.2. The molecule has 0 saturated carbocycles. The lowest BCUT2D eigenvalue weighted by atomic mass is 9.83. The van der Waals surface area contributed by atoms with E-state index in [4.69, 9.17) is 9.47 Å². The molecule has 0 aliphatic heterocycles. The minimum absolute atomic E-state index is 0.143. The van der Waals surface area contributed by atoms with Gasteiger partial charge < -0.3 is 19.7 Å². The molecule has 2 aromatic rings. The molecule has 0 aromatic heterocycles. The van der Waals surface area contributed by atoms with Gasteiger partial charge in [-0.2, -0.15) is 12.6 Å². The van der Waals surface area contributed by atoms with Crippen LogP contribution in [0.25, 0.3) is 0 Å². The molecule has 0 aliphatic carbocycles. The molecule has 2 N–H and O–H groups in total. The first kappa shape index (κ1) is 32.5. The van der Waals surface area contributed by atoms with E-state index >= 15 is 0 Å². The molecule has 1 unspecified atom stereocenters. The van der Waals surface area contributed by atoms with Crippen LogP contribution in [-0.2, 0) is 42.7 Å². The largest absolute Gasteiger partial charge is 0.507 e. The Morgan fingerprint density at radius 3 is 1.59 bits per heavy atom. The van der Waals surface area contributed by atoms with Gasteiger partial charge in [0.1, 0.15) is 18.1 Å². The molecule has 0 amide bonds. The molecule has 0 spiro atoms. The summed E-state index contributed by atoms with van der Waals surface area (Å²) in [5, 5.41) is 20.5. The number of aromatic hydroxyl groups is 2. The summed E-state index contributed by atoms with van der Waals surface area (Å²) in [4.78, 5) is 24.5. The average molecular weight is 559 g/mol. The smallest absolute Gasteiger partial charge is 0.306 e. The molecule has 0 saturated heterocycles. The summed E-state index contributed by atoms with van der Waals surface area (Å²) in [6.45, 7) is 16.3. The fourth-order valence-electron chi connectivity index (χ4n) is 4.36. The van der Waals surface area contributed by atoms with Crippen LogP contribution < -0.4 is 0 Å². The van der Waals surface area contributed by atoms with Crippen molar-refractivity contribution in [1.82, 2.24) is 0 Å². The predicted molar refractivity (Wildman–Crippen MR) is 159 cm³/mol. The van der Waals surface area contributed by atoms with Crippen molar-refractivity contribution in [2.45, 2.75) is 104 Å². The molecular formula is C32H46O6S. The van der Waals surface area contributed by atoms with Crippen molar-refractivity contribution in [3.63, 3.8) is 0 Å². The van der Waals surface area contributed by atoms with Crippen LogP contribution in [0.15, 0.2) is 24.3 Å². The zero-order valence-electron chi connectivity index (χ0n) is 24.8. The Bertz CT molecular complexity index is 1160. The van der Waals surface area contributed by atoms with Gasteiger partial charge in [0.05, 0.1) is 6.61 Å². The number of hydrogen-bond acceptors (Lipinski definition) is 7. The van der Waals surface area contributed by atoms with Crippen LogP contribution in [-0.4, -0.2) is 40.6 Å². The molecule has 6 nitrogen and oxygen atoms in total. The first-order valence-electron chi connectivity index (χ1n) is 13.6. The lowest BCUT2D eigenvalue weighted by Crippen LogP contribution is -2.18. The summed E-state index contributed by atoms with van der Waals surface area (Å²) < 4.78 is 10.7. The Kier molecular flexibility index (Phi) is 11.3. The van der Waals surface area contributed by atoms with Gasteiger partial charge in [0.25, 0.3) is 0 Å². The summed E-state index contributed by atoms with van der Waals surface area (Å²) >= 11 is 4.46. The number of aryl methyl sites for hydroxylation is 4. The highest BCUT2D eigenvalue weighted by Crippen LogP contribution is 2.35. The fraction of sp³-hybridized carbons (Fsp3) is 0.562. The average Bonchev–Trinajstić information content (AvgIpc) is 2.82. The first-order valence-corrected chi connectivity index (χ1v) is 14.2. The Balaban J connectivity index is 1.72. The fourth-order valence-corrected chi connectivity index (χ4v) is 4.54. The van der Waals surface area contributed by atoms with E-state index in [1.54, 1.807) is 0 Å². The lowest BCUT2D eigenvalue weighted by Gasteiger charge is -2.22. The van der Waals surface area contributed by atoms with Crippen LogP contribution in [0.2, 0.25) is 0 Å². The molecule has 0 radical (unpaired) electrons. The number of carbonyl (C=O) groups excluding carboxylic acids is 2. The van der Waals surface area contributed by atoms with Crippen molar-refractivity contribution >= 4 is 24.6 Å². The van der Waals surface area contributed by atoms with Gasteiger partial charge in [-0.3, -0.25) is 9.59 Å². The van der Waals surface area contributed by atoms with Crippen LogP contribution in [0.4, 0.5) is 0 Å². The highest BCUT2D eigenvalue weighted by molar-refractivity contribution is 7.81. The van der Waals surface area contributed by atoms with Gasteiger partial charge in [0, 0.05) is 18.1 Å². The minimum atomic E-state index is -0.312. The Labute approximate surface area is 239 Å². The number of esters is 2. The maximum atomic E-state index is 12.3. The second-order valence-electron chi connectivity index (χ2n) is 12.5. The summed E-state index contributed by atoms with van der Waals surface area (Å²) in [6.07, 6.45) is 2.00. The van der Waals surface area contributed by atoms with Crippen molar-refractivity contribution in [2.75, 3.05) is 13.2 Å². The van der Waals surface area contributed by atoms with Crippen molar-refractivity contribution < 1.29 is 29.3 Å². The van der Waals surface area contributed by atoms with Gasteiger partial charge in [-0.1, -0.05) is 65.8 Å². The lowest BCUT2D eigenvalue weighted by molar-refractivity contribution is -0.146. The zero-order chi connectivity index (χ0) is 29.5. The second kappa shape index (κ2) is 13.6. The standard InChI is InChI=1S/C32H46O6S/c1-20-15-22(17-25(29(20)35)31(3,4)5)9-11-27(33)37-14-13-24(39)19-38-28(34)12-10-23-16-21(2)30(36)26(18-23)32(6,7)8/h15-18,24,35-36,39H,9-14,19H2,1-8H3. The molecule has 2 aromatic carbocycles. The number of phenols is 2. The van der Waals surface area contributed by atoms with Crippen molar-refractivity contribution in [3.05, 3.63) is 57.6 Å². The number of phenolic OH excluding ortho intramolecular Hbond substituents is 2. The van der Waals surface area contributed by atoms with Crippen LogP contribution in [0.1, 0.15) is 94.2 Å². The minimum Gasteiger partial charge on any atom is -0.507 e. The third-order valence-corrected chi connectivity index (χ3v) is 7.13. The number of ether oxygens (including phenoxy) is 2. The van der Waals surface area contributed by atoms with E-state index in [0.717, 1.165) is 33.4 Å². The van der Waals surface area contributed by atoms with E-state index in [2.05, 4.69) is 12.6 Å². The Hall–Kier alpha value is -2.67. The molecule has 1 atom stereocenters. The van der Waals surface area contributed by atoms with Crippen LogP contribution >= 0.6 is 12.6 Å². The van der Waals surface area contributed by atoms with E-state index in [1.807, 2.05) is 79.7 Å². The third-order valence-electron chi connectivity index (χ3n) is 6.72. The molecule has 2 rings (SSSR count). The number of hydrogen-bond donors (Lipinski definition) is 3. The van der Waals surface area contributed by atoms with E-state index in [9.17, 15) is 19.8 Å². The van der Waals surface area contributed by atoms with Gasteiger partial charge >= 0.3 is 11.9 Å². The summed E-state index contributed by atoms with van der Waals surface area (Å²) in [5.74, 6) is -0.000630. The molecule has 7 heteroatoms. The molecule has 0 heterocycles. The summed E-state index contributed by atoms with van der Waals surface area (Å²) in [6, 6.07) is 7.72. The third kappa shape index (κ3) is 10.1. The van der Waals surface area contributed by atoms with Crippen LogP contribution in [0.3, 0.4) is 0 Å². The topological polar surface area (TPSA) is 93.1 Å². The van der Waals surface area contributed by atoms with Gasteiger partial charge in [-0.25, -0.2) is 0 Å². The van der Waals surface area contributed by atoms with E-state index in [1.165, 1.54) is 0 Å². The Morgan fingerprint density at radius 2 is 1.18 bits per heavy atom. The van der Waals surface area contributed by atoms with E-state index in [-0.39, 0.29) is 54.1 Å². The Morgan fingerprint density at radius 1 is 0.769 bits per heavy atom.